The molecule has 4 rings (SSSR count). The van der Waals surface area contributed by atoms with Gasteiger partial charge in [0.05, 0.1) is 23.5 Å². The quantitative estimate of drug-likeness (QED) is 0.712. The minimum Gasteiger partial charge on any atom is -0.348 e. The number of carbonyl (C=O) groups excluding carboxylic acids is 2. The average Bonchev–Trinajstić information content (AvgIpc) is 3.34. The molecular formula is C20H20N4O2S. The van der Waals surface area contributed by atoms with Crippen molar-refractivity contribution in [2.45, 2.75) is 31.8 Å². The second kappa shape index (κ2) is 7.75. The monoisotopic (exact) mass is 380 g/mol. The molecule has 2 amide bonds. The highest BCUT2D eigenvalue weighted by molar-refractivity contribution is 7.08. The lowest BCUT2D eigenvalue weighted by Gasteiger charge is -2.26. The lowest BCUT2D eigenvalue weighted by atomic mass is 9.88. The van der Waals surface area contributed by atoms with Crippen molar-refractivity contribution in [2.24, 2.45) is 0 Å². The van der Waals surface area contributed by atoms with Crippen molar-refractivity contribution in [3.8, 4) is 0 Å². The molecule has 1 aromatic carbocycles. The number of hydrogen-bond donors (Lipinski definition) is 2. The Labute approximate surface area is 161 Å². The highest BCUT2D eigenvalue weighted by Gasteiger charge is 2.21. The highest BCUT2D eigenvalue weighted by Crippen LogP contribution is 2.29. The number of amides is 2. The van der Waals surface area contributed by atoms with Gasteiger partial charge < -0.3 is 10.6 Å². The summed E-state index contributed by atoms with van der Waals surface area (Å²) < 4.78 is 1.54. The van der Waals surface area contributed by atoms with Crippen LogP contribution in [-0.4, -0.2) is 21.6 Å². The van der Waals surface area contributed by atoms with Gasteiger partial charge in [0.15, 0.2) is 0 Å². The predicted molar refractivity (Wildman–Crippen MR) is 105 cm³/mol. The summed E-state index contributed by atoms with van der Waals surface area (Å²) in [7, 11) is 0. The molecule has 0 saturated carbocycles. The summed E-state index contributed by atoms with van der Waals surface area (Å²) in [6.07, 6.45) is 6.30. The van der Waals surface area contributed by atoms with E-state index in [0.717, 1.165) is 19.3 Å². The Bertz CT molecular complexity index is 949. The first-order valence-corrected chi connectivity index (χ1v) is 9.86. The van der Waals surface area contributed by atoms with Crippen LogP contribution in [0.4, 0.5) is 5.69 Å². The van der Waals surface area contributed by atoms with Gasteiger partial charge in [-0.1, -0.05) is 24.3 Å². The molecule has 6 nitrogen and oxygen atoms in total. The third-order valence-electron chi connectivity index (χ3n) is 4.68. The van der Waals surface area contributed by atoms with Crippen LogP contribution < -0.4 is 10.6 Å². The minimum atomic E-state index is -0.181. The van der Waals surface area contributed by atoms with Crippen LogP contribution in [0.1, 0.15) is 40.4 Å². The third kappa shape index (κ3) is 4.09. The Morgan fingerprint density at radius 3 is 3.00 bits per heavy atom. The number of thiophene rings is 1. The Kier molecular flexibility index (Phi) is 5.02. The van der Waals surface area contributed by atoms with Crippen molar-refractivity contribution in [1.82, 2.24) is 15.1 Å². The average molecular weight is 380 g/mol. The third-order valence-corrected chi connectivity index (χ3v) is 5.37. The normalized spacial score (nSPS) is 15.8. The molecule has 2 aromatic heterocycles. The number of anilines is 1. The van der Waals surface area contributed by atoms with E-state index in [0.29, 0.717) is 11.3 Å². The predicted octanol–water partition coefficient (Wildman–Crippen LogP) is 3.39. The van der Waals surface area contributed by atoms with Crippen LogP contribution in [0.25, 0.3) is 0 Å². The van der Waals surface area contributed by atoms with E-state index >= 15 is 0 Å². The maximum absolute atomic E-state index is 12.5. The molecule has 1 aliphatic carbocycles. The van der Waals surface area contributed by atoms with Crippen molar-refractivity contribution in [3.63, 3.8) is 0 Å². The molecule has 0 bridgehead atoms. The summed E-state index contributed by atoms with van der Waals surface area (Å²) in [5.41, 5.74) is 3.70. The van der Waals surface area contributed by atoms with Gasteiger partial charge in [-0.15, -0.1) is 0 Å². The van der Waals surface area contributed by atoms with Crippen LogP contribution >= 0.6 is 11.3 Å². The van der Waals surface area contributed by atoms with E-state index in [1.807, 2.05) is 17.5 Å². The fourth-order valence-corrected chi connectivity index (χ4v) is 4.04. The van der Waals surface area contributed by atoms with Crippen LogP contribution in [0.2, 0.25) is 0 Å². The van der Waals surface area contributed by atoms with Gasteiger partial charge in [-0.2, -0.15) is 16.4 Å². The number of nitrogens with one attached hydrogen (secondary N) is 2. The van der Waals surface area contributed by atoms with E-state index < -0.39 is 0 Å². The first-order valence-electron chi connectivity index (χ1n) is 8.92. The molecule has 0 fully saturated rings. The number of nitrogens with zero attached hydrogens (tertiary/aromatic N) is 2. The van der Waals surface area contributed by atoms with E-state index in [1.54, 1.807) is 23.8 Å². The van der Waals surface area contributed by atoms with E-state index in [2.05, 4.69) is 27.9 Å². The second-order valence-electron chi connectivity index (χ2n) is 6.60. The summed E-state index contributed by atoms with van der Waals surface area (Å²) in [5.74, 6) is -0.269. The number of hydrogen-bond acceptors (Lipinski definition) is 4. The van der Waals surface area contributed by atoms with Crippen molar-refractivity contribution in [3.05, 3.63) is 70.2 Å². The lowest BCUT2D eigenvalue weighted by molar-refractivity contribution is -0.122. The molecule has 3 aromatic rings. The Hall–Kier alpha value is -2.93. The number of rotatable bonds is 5. The molecular weight excluding hydrogens is 360 g/mol. The van der Waals surface area contributed by atoms with Crippen molar-refractivity contribution in [1.29, 1.82) is 0 Å². The van der Waals surface area contributed by atoms with Gasteiger partial charge in [-0.25, -0.2) is 0 Å². The maximum atomic E-state index is 12.5. The van der Waals surface area contributed by atoms with E-state index in [4.69, 9.17) is 0 Å². The van der Waals surface area contributed by atoms with E-state index in [1.165, 1.54) is 27.1 Å². The van der Waals surface area contributed by atoms with Crippen molar-refractivity contribution in [2.75, 3.05) is 5.32 Å². The fraction of sp³-hybridized carbons (Fsp3) is 0.250. The van der Waals surface area contributed by atoms with Gasteiger partial charge in [0, 0.05) is 11.6 Å². The van der Waals surface area contributed by atoms with Gasteiger partial charge in [-0.3, -0.25) is 14.3 Å². The van der Waals surface area contributed by atoms with Crippen LogP contribution in [0.3, 0.4) is 0 Å². The van der Waals surface area contributed by atoms with Gasteiger partial charge in [0.25, 0.3) is 5.91 Å². The van der Waals surface area contributed by atoms with Gasteiger partial charge in [0.1, 0.15) is 6.54 Å². The summed E-state index contributed by atoms with van der Waals surface area (Å²) in [5, 5.41) is 13.7. The van der Waals surface area contributed by atoms with Crippen molar-refractivity contribution < 1.29 is 9.59 Å². The van der Waals surface area contributed by atoms with Gasteiger partial charge in [0.2, 0.25) is 5.91 Å². The molecule has 1 aliphatic rings. The SMILES string of the molecule is O=C(Cn1cc(NC(=O)c2ccsc2)cn1)NC1CCCc2ccccc21. The van der Waals surface area contributed by atoms with E-state index in [-0.39, 0.29) is 24.4 Å². The zero-order valence-corrected chi connectivity index (χ0v) is 15.5. The van der Waals surface area contributed by atoms with Gasteiger partial charge in [-0.05, 0) is 41.8 Å². The highest BCUT2D eigenvalue weighted by atomic mass is 32.1. The summed E-state index contributed by atoms with van der Waals surface area (Å²) in [6.45, 7) is 0.118. The molecule has 2 heterocycles. The molecule has 2 N–H and O–H groups in total. The largest absolute Gasteiger partial charge is 0.348 e. The molecule has 0 radical (unpaired) electrons. The number of carbonyl (C=O) groups is 2. The Balaban J connectivity index is 1.35. The fourth-order valence-electron chi connectivity index (χ4n) is 3.40. The molecule has 7 heteroatoms. The number of benzene rings is 1. The molecule has 0 saturated heterocycles. The molecule has 0 spiro atoms. The number of aryl methyl sites for hydroxylation is 1. The zero-order chi connectivity index (χ0) is 18.6. The molecule has 138 valence electrons. The molecule has 1 atom stereocenters. The van der Waals surface area contributed by atoms with E-state index in [9.17, 15) is 9.59 Å². The molecule has 27 heavy (non-hydrogen) atoms. The lowest BCUT2D eigenvalue weighted by Crippen LogP contribution is -2.33. The number of fused-ring (bicyclic) bond motifs is 1. The Morgan fingerprint density at radius 1 is 1.26 bits per heavy atom. The topological polar surface area (TPSA) is 76.0 Å². The van der Waals surface area contributed by atoms with Crippen LogP contribution in [0, 0.1) is 0 Å². The summed E-state index contributed by atoms with van der Waals surface area (Å²) >= 11 is 1.47. The second-order valence-corrected chi connectivity index (χ2v) is 7.38. The standard InChI is InChI=1S/C20H20N4O2S/c25-19(23-18-7-3-5-14-4-1-2-6-17(14)18)12-24-11-16(10-21-24)22-20(26)15-8-9-27-13-15/h1-2,4,6,8-11,13,18H,3,5,7,12H2,(H,22,26)(H,23,25). The summed E-state index contributed by atoms with van der Waals surface area (Å²) in [4.78, 5) is 24.5. The zero-order valence-electron chi connectivity index (χ0n) is 14.7. The summed E-state index contributed by atoms with van der Waals surface area (Å²) in [6, 6.07) is 10.1. The van der Waals surface area contributed by atoms with Crippen LogP contribution in [-0.2, 0) is 17.8 Å². The smallest absolute Gasteiger partial charge is 0.256 e. The molecule has 0 aliphatic heterocycles. The molecule has 1 unspecified atom stereocenters. The maximum Gasteiger partial charge on any atom is 0.256 e. The van der Waals surface area contributed by atoms with Crippen LogP contribution in [0.5, 0.6) is 0 Å². The first kappa shape index (κ1) is 17.5. The van der Waals surface area contributed by atoms with Gasteiger partial charge >= 0.3 is 0 Å². The first-order chi connectivity index (χ1) is 13.2. The number of aromatic nitrogens is 2. The Morgan fingerprint density at radius 2 is 2.15 bits per heavy atom. The van der Waals surface area contributed by atoms with Crippen molar-refractivity contribution >= 4 is 28.8 Å². The van der Waals surface area contributed by atoms with Crippen LogP contribution in [0.15, 0.2) is 53.5 Å². The minimum absolute atomic E-state index is 0.0516.